The lowest BCUT2D eigenvalue weighted by molar-refractivity contribution is -0.130. The topological polar surface area (TPSA) is 53.5 Å². The number of carbonyl (C=O) groups excluding carboxylic acids is 2. The number of hydrogen-bond donors (Lipinski definition) is 0. The Morgan fingerprint density at radius 3 is 2.48 bits per heavy atom. The number of rotatable bonds is 2. The molecule has 0 unspecified atom stereocenters. The number of nitrogens with zero attached hydrogens (tertiary/aromatic N) is 3. The van der Waals surface area contributed by atoms with Gasteiger partial charge >= 0.3 is 0 Å². The summed E-state index contributed by atoms with van der Waals surface area (Å²) in [6.45, 7) is 3.71. The minimum atomic E-state index is 0.0330. The van der Waals surface area contributed by atoms with E-state index in [9.17, 15) is 9.59 Å². The minimum Gasteiger partial charge on any atom is -0.338 e. The van der Waals surface area contributed by atoms with E-state index in [2.05, 4.69) is 17.1 Å². The second-order valence-electron chi connectivity index (χ2n) is 8.04. The predicted molar refractivity (Wildman–Crippen MR) is 111 cm³/mol. The fraction of sp³-hybridized carbons (Fsp3) is 0.292. The maximum absolute atomic E-state index is 13.4. The quantitative estimate of drug-likeness (QED) is 0.678. The summed E-state index contributed by atoms with van der Waals surface area (Å²) in [7, 11) is 0. The van der Waals surface area contributed by atoms with Gasteiger partial charge in [-0.3, -0.25) is 14.6 Å². The maximum Gasteiger partial charge on any atom is 0.254 e. The maximum atomic E-state index is 13.4. The van der Waals surface area contributed by atoms with E-state index in [-0.39, 0.29) is 23.8 Å². The lowest BCUT2D eigenvalue weighted by atomic mass is 9.89. The summed E-state index contributed by atoms with van der Waals surface area (Å²) in [6, 6.07) is 19.8. The van der Waals surface area contributed by atoms with Crippen LogP contribution in [0.2, 0.25) is 0 Å². The summed E-state index contributed by atoms with van der Waals surface area (Å²) < 4.78 is 0. The van der Waals surface area contributed by atoms with E-state index >= 15 is 0 Å². The fourth-order valence-corrected chi connectivity index (χ4v) is 5.06. The molecular formula is C24H23N3O2. The van der Waals surface area contributed by atoms with Gasteiger partial charge in [0.1, 0.15) is 0 Å². The molecule has 0 radical (unpaired) electrons. The van der Waals surface area contributed by atoms with Crippen LogP contribution in [0.25, 0.3) is 10.9 Å². The molecule has 2 aliphatic rings. The van der Waals surface area contributed by atoms with Crippen LogP contribution in [0, 0.1) is 11.8 Å². The molecule has 2 saturated heterocycles. The summed E-state index contributed by atoms with van der Waals surface area (Å²) in [4.78, 5) is 34.0. The third-order valence-electron chi connectivity index (χ3n) is 6.38. The van der Waals surface area contributed by atoms with Crippen LogP contribution in [-0.4, -0.2) is 46.2 Å². The molecule has 3 heterocycles. The smallest absolute Gasteiger partial charge is 0.254 e. The van der Waals surface area contributed by atoms with Crippen LogP contribution in [0.1, 0.15) is 28.9 Å². The molecule has 0 spiro atoms. The molecule has 29 heavy (non-hydrogen) atoms. The molecule has 2 aliphatic heterocycles. The number of hydrogen-bond acceptors (Lipinski definition) is 3. The number of benzene rings is 2. The van der Waals surface area contributed by atoms with E-state index in [1.165, 1.54) is 0 Å². The molecule has 5 rings (SSSR count). The van der Waals surface area contributed by atoms with Crippen molar-refractivity contribution in [2.75, 3.05) is 19.6 Å². The van der Waals surface area contributed by atoms with Crippen molar-refractivity contribution in [3.63, 3.8) is 0 Å². The zero-order chi connectivity index (χ0) is 20.0. The van der Waals surface area contributed by atoms with Gasteiger partial charge in [-0.05, 0) is 17.7 Å². The van der Waals surface area contributed by atoms with Gasteiger partial charge in [0.25, 0.3) is 5.91 Å². The lowest BCUT2D eigenvalue weighted by Gasteiger charge is -2.29. The van der Waals surface area contributed by atoms with Gasteiger partial charge < -0.3 is 9.80 Å². The average Bonchev–Trinajstić information content (AvgIpc) is 3.31. The van der Waals surface area contributed by atoms with Gasteiger partial charge in [-0.25, -0.2) is 0 Å². The van der Waals surface area contributed by atoms with E-state index in [0.29, 0.717) is 31.1 Å². The second-order valence-corrected chi connectivity index (χ2v) is 8.04. The summed E-state index contributed by atoms with van der Waals surface area (Å²) in [5, 5.41) is 0.891. The first-order valence-corrected chi connectivity index (χ1v) is 10.1. The molecule has 1 aromatic heterocycles. The van der Waals surface area contributed by atoms with Crippen molar-refractivity contribution < 1.29 is 9.59 Å². The number of fused-ring (bicyclic) bond motifs is 2. The third-order valence-corrected chi connectivity index (χ3v) is 6.38. The van der Waals surface area contributed by atoms with Gasteiger partial charge in [-0.1, -0.05) is 48.5 Å². The minimum absolute atomic E-state index is 0.0330. The van der Waals surface area contributed by atoms with E-state index in [4.69, 9.17) is 0 Å². The number of pyridine rings is 1. The molecule has 146 valence electrons. The zero-order valence-corrected chi connectivity index (χ0v) is 16.4. The highest BCUT2D eigenvalue weighted by Gasteiger charge is 2.49. The van der Waals surface area contributed by atoms with Crippen molar-refractivity contribution in [3.8, 4) is 0 Å². The number of amides is 2. The normalized spacial score (nSPS) is 23.4. The Balaban J connectivity index is 1.45. The average molecular weight is 385 g/mol. The van der Waals surface area contributed by atoms with Gasteiger partial charge in [0.2, 0.25) is 5.91 Å². The molecule has 3 atom stereocenters. The van der Waals surface area contributed by atoms with Crippen molar-refractivity contribution in [1.29, 1.82) is 0 Å². The number of carbonyl (C=O) groups is 2. The van der Waals surface area contributed by atoms with Crippen LogP contribution in [0.4, 0.5) is 0 Å². The van der Waals surface area contributed by atoms with Crippen LogP contribution < -0.4 is 0 Å². The molecule has 5 nitrogen and oxygen atoms in total. The van der Waals surface area contributed by atoms with E-state index < -0.39 is 0 Å². The Kier molecular flexibility index (Phi) is 4.31. The highest BCUT2D eigenvalue weighted by atomic mass is 16.2. The molecule has 0 saturated carbocycles. The van der Waals surface area contributed by atoms with E-state index in [1.54, 1.807) is 13.1 Å². The molecule has 0 bridgehead atoms. The Morgan fingerprint density at radius 1 is 0.931 bits per heavy atom. The monoisotopic (exact) mass is 385 g/mol. The molecule has 3 aromatic rings. The first-order valence-electron chi connectivity index (χ1n) is 10.1. The van der Waals surface area contributed by atoms with Crippen molar-refractivity contribution >= 4 is 22.7 Å². The molecule has 5 heteroatoms. The molecular weight excluding hydrogens is 362 g/mol. The van der Waals surface area contributed by atoms with Gasteiger partial charge in [0.15, 0.2) is 0 Å². The van der Waals surface area contributed by atoms with Crippen molar-refractivity contribution in [1.82, 2.24) is 14.8 Å². The summed E-state index contributed by atoms with van der Waals surface area (Å²) in [6.07, 6.45) is 1.71. The van der Waals surface area contributed by atoms with Crippen LogP contribution in [0.15, 0.2) is 66.9 Å². The Labute approximate surface area is 170 Å². The van der Waals surface area contributed by atoms with Crippen LogP contribution in [0.3, 0.4) is 0 Å². The standard InChI is InChI=1S/C24H23N3O2/c1-16(28)27-14-18-13-26(15-21(18)23(27)17-7-3-2-4-8-17)24(29)20-11-12-25-22-10-6-5-9-19(20)22/h2-12,18,21,23H,13-15H2,1H3/t18-,21-,23-/m1/s1. The highest BCUT2D eigenvalue weighted by Crippen LogP contribution is 2.45. The molecule has 2 amide bonds. The molecule has 2 aromatic carbocycles. The van der Waals surface area contributed by atoms with Gasteiger partial charge in [-0.2, -0.15) is 0 Å². The van der Waals surface area contributed by atoms with Crippen LogP contribution in [0.5, 0.6) is 0 Å². The van der Waals surface area contributed by atoms with Crippen molar-refractivity contribution in [2.24, 2.45) is 11.8 Å². The highest BCUT2D eigenvalue weighted by molar-refractivity contribution is 6.06. The molecule has 2 fully saturated rings. The molecule has 0 N–H and O–H groups in total. The Hall–Kier alpha value is -3.21. The van der Waals surface area contributed by atoms with Crippen molar-refractivity contribution in [3.05, 3.63) is 78.0 Å². The Bertz CT molecular complexity index is 1080. The van der Waals surface area contributed by atoms with E-state index in [0.717, 1.165) is 16.5 Å². The van der Waals surface area contributed by atoms with Gasteiger partial charge in [-0.15, -0.1) is 0 Å². The largest absolute Gasteiger partial charge is 0.338 e. The summed E-state index contributed by atoms with van der Waals surface area (Å²) >= 11 is 0. The second kappa shape index (κ2) is 6.99. The van der Waals surface area contributed by atoms with Gasteiger partial charge in [0, 0.05) is 50.0 Å². The number of likely N-dealkylation sites (tertiary alicyclic amines) is 2. The van der Waals surface area contributed by atoms with Gasteiger partial charge in [0.05, 0.1) is 17.1 Å². The first kappa shape index (κ1) is 17.9. The zero-order valence-electron chi connectivity index (χ0n) is 16.4. The summed E-state index contributed by atoms with van der Waals surface area (Å²) in [5.74, 6) is 0.727. The lowest BCUT2D eigenvalue weighted by Crippen LogP contribution is -2.36. The number of para-hydroxylation sites is 1. The first-order chi connectivity index (χ1) is 14.1. The van der Waals surface area contributed by atoms with Crippen molar-refractivity contribution in [2.45, 2.75) is 13.0 Å². The third kappa shape index (κ3) is 2.97. The predicted octanol–water partition coefficient (Wildman–Crippen LogP) is 3.53. The Morgan fingerprint density at radius 2 is 1.69 bits per heavy atom. The summed E-state index contributed by atoms with van der Waals surface area (Å²) in [5.41, 5.74) is 2.69. The fourth-order valence-electron chi connectivity index (χ4n) is 5.06. The molecule has 0 aliphatic carbocycles. The van der Waals surface area contributed by atoms with E-state index in [1.807, 2.05) is 58.3 Å². The SMILES string of the molecule is CC(=O)N1C[C@H]2CN(C(=O)c3ccnc4ccccc34)C[C@H]2[C@H]1c1ccccc1. The van der Waals surface area contributed by atoms with Crippen LogP contribution >= 0.6 is 0 Å². The number of aromatic nitrogens is 1. The van der Waals surface area contributed by atoms with Crippen LogP contribution in [-0.2, 0) is 4.79 Å².